The maximum atomic E-state index is 14.1. The fourth-order valence-electron chi connectivity index (χ4n) is 3.29. The molecule has 0 saturated carbocycles. The largest absolute Gasteiger partial charge is 0.508 e. The van der Waals surface area contributed by atoms with Gasteiger partial charge in [-0.05, 0) is 66.8 Å². The number of nitrogens with zero attached hydrogens (tertiary/aromatic N) is 1. The summed E-state index contributed by atoms with van der Waals surface area (Å²) >= 11 is 0. The molecule has 1 aromatic heterocycles. The summed E-state index contributed by atoms with van der Waals surface area (Å²) in [6, 6.07) is 14.3. The maximum absolute atomic E-state index is 14.1. The quantitative estimate of drug-likeness (QED) is 0.528. The second-order valence-electron chi connectivity index (χ2n) is 6.89. The molecule has 0 aliphatic heterocycles. The number of aryl methyl sites for hydroxylation is 3. The van der Waals surface area contributed by atoms with E-state index < -0.39 is 0 Å². The number of phenolic OH excluding ortho intramolecular Hbond substituents is 1. The molecule has 0 amide bonds. The number of benzene rings is 2. The summed E-state index contributed by atoms with van der Waals surface area (Å²) in [6.45, 7) is 5.93. The first kappa shape index (κ1) is 22.9. The van der Waals surface area contributed by atoms with E-state index in [0.717, 1.165) is 46.4 Å². The molecule has 5 nitrogen and oxygen atoms in total. The van der Waals surface area contributed by atoms with Crippen LogP contribution in [0.1, 0.15) is 35.6 Å². The molecule has 3 aromatic rings. The first-order valence-electron chi connectivity index (χ1n) is 9.65. The van der Waals surface area contributed by atoms with Gasteiger partial charge in [-0.15, -0.1) is 0 Å². The zero-order valence-corrected chi connectivity index (χ0v) is 17.4. The summed E-state index contributed by atoms with van der Waals surface area (Å²) in [6.07, 6.45) is 1.65. The van der Waals surface area contributed by atoms with E-state index in [2.05, 4.69) is 4.98 Å². The second-order valence-corrected chi connectivity index (χ2v) is 6.89. The van der Waals surface area contributed by atoms with Crippen LogP contribution in [0, 0.1) is 19.7 Å². The van der Waals surface area contributed by atoms with Crippen molar-refractivity contribution < 1.29 is 24.1 Å². The number of carbonyl (C=O) groups is 1. The van der Waals surface area contributed by atoms with Gasteiger partial charge in [-0.1, -0.05) is 31.5 Å². The Morgan fingerprint density at radius 3 is 2.37 bits per heavy atom. The SMILES string of the molecule is CCCc1ccc(COc2cccc(-c3c(C)cc(O)cc3C)n2)cc1F.O=CO. The summed E-state index contributed by atoms with van der Waals surface area (Å²) in [5, 5.41) is 16.6. The average molecular weight is 411 g/mol. The number of aromatic hydroxyl groups is 1. The molecule has 30 heavy (non-hydrogen) atoms. The number of phenols is 1. The summed E-state index contributed by atoms with van der Waals surface area (Å²) < 4.78 is 19.9. The molecular weight excluding hydrogens is 385 g/mol. The lowest BCUT2D eigenvalue weighted by Crippen LogP contribution is -2.00. The van der Waals surface area contributed by atoms with Gasteiger partial charge >= 0.3 is 0 Å². The minimum atomic E-state index is -0.250. The smallest absolute Gasteiger partial charge is 0.290 e. The minimum absolute atomic E-state index is 0.185. The molecule has 0 radical (unpaired) electrons. The van der Waals surface area contributed by atoms with Crippen LogP contribution in [0.4, 0.5) is 4.39 Å². The van der Waals surface area contributed by atoms with E-state index >= 15 is 0 Å². The minimum Gasteiger partial charge on any atom is -0.508 e. The number of hydrogen-bond acceptors (Lipinski definition) is 4. The van der Waals surface area contributed by atoms with E-state index in [1.807, 2.05) is 45.0 Å². The van der Waals surface area contributed by atoms with Crippen molar-refractivity contribution in [1.82, 2.24) is 4.98 Å². The molecular formula is C24H26FNO4. The van der Waals surface area contributed by atoms with Gasteiger partial charge in [0.1, 0.15) is 18.2 Å². The van der Waals surface area contributed by atoms with Crippen LogP contribution >= 0.6 is 0 Å². The van der Waals surface area contributed by atoms with Gasteiger partial charge in [0.05, 0.1) is 5.69 Å². The summed E-state index contributed by atoms with van der Waals surface area (Å²) in [7, 11) is 0. The Morgan fingerprint density at radius 2 is 1.77 bits per heavy atom. The maximum Gasteiger partial charge on any atom is 0.290 e. The number of pyridine rings is 1. The highest BCUT2D eigenvalue weighted by Crippen LogP contribution is 2.30. The van der Waals surface area contributed by atoms with Crippen molar-refractivity contribution in [3.63, 3.8) is 0 Å². The normalized spacial score (nSPS) is 10.1. The highest BCUT2D eigenvalue weighted by Gasteiger charge is 2.10. The Hall–Kier alpha value is -3.41. The van der Waals surface area contributed by atoms with Gasteiger partial charge in [-0.3, -0.25) is 4.79 Å². The molecule has 0 aliphatic carbocycles. The molecule has 0 fully saturated rings. The lowest BCUT2D eigenvalue weighted by Gasteiger charge is -2.12. The molecule has 0 saturated heterocycles. The van der Waals surface area contributed by atoms with Crippen molar-refractivity contribution in [2.45, 2.75) is 40.2 Å². The van der Waals surface area contributed by atoms with Crippen molar-refractivity contribution in [3.8, 4) is 22.9 Å². The molecule has 3 rings (SSSR count). The van der Waals surface area contributed by atoms with Crippen molar-refractivity contribution in [3.05, 3.63) is 76.6 Å². The third-order valence-corrected chi connectivity index (χ3v) is 4.52. The number of carboxylic acid groups (broad SMARTS) is 1. The molecule has 1 heterocycles. The van der Waals surface area contributed by atoms with Gasteiger partial charge in [-0.25, -0.2) is 9.37 Å². The number of aromatic nitrogens is 1. The first-order chi connectivity index (χ1) is 14.4. The highest BCUT2D eigenvalue weighted by atomic mass is 19.1. The lowest BCUT2D eigenvalue weighted by molar-refractivity contribution is -0.122. The lowest BCUT2D eigenvalue weighted by atomic mass is 9.99. The number of halogens is 1. The van der Waals surface area contributed by atoms with E-state index in [1.165, 1.54) is 6.07 Å². The Labute approximate surface area is 175 Å². The monoisotopic (exact) mass is 411 g/mol. The Bertz CT molecular complexity index is 981. The Kier molecular flexibility index (Phi) is 8.35. The predicted molar refractivity (Wildman–Crippen MR) is 114 cm³/mol. The van der Waals surface area contributed by atoms with Gasteiger partial charge in [-0.2, -0.15) is 0 Å². The van der Waals surface area contributed by atoms with Gasteiger partial charge in [0, 0.05) is 11.6 Å². The van der Waals surface area contributed by atoms with Crippen molar-refractivity contribution in [2.75, 3.05) is 0 Å². The number of hydrogen-bond donors (Lipinski definition) is 2. The standard InChI is InChI=1S/C23H24FNO2.CH2O2/c1-4-6-18-10-9-17(13-20(18)24)14-27-22-8-5-7-21(25-22)23-15(2)11-19(26)12-16(23)3;2-1-3/h5,7-13,26H,4,6,14H2,1-3H3;1H,(H,2,3). The fraction of sp³-hybridized carbons (Fsp3) is 0.250. The van der Waals surface area contributed by atoms with Gasteiger partial charge in [0.25, 0.3) is 6.47 Å². The molecule has 0 aliphatic rings. The van der Waals surface area contributed by atoms with E-state index in [-0.39, 0.29) is 24.6 Å². The molecule has 0 spiro atoms. The molecule has 0 bridgehead atoms. The zero-order valence-electron chi connectivity index (χ0n) is 17.4. The topological polar surface area (TPSA) is 79.7 Å². The van der Waals surface area contributed by atoms with Crippen LogP contribution in [-0.2, 0) is 17.8 Å². The average Bonchev–Trinajstić information content (AvgIpc) is 2.69. The Balaban J connectivity index is 0.00000101. The third-order valence-electron chi connectivity index (χ3n) is 4.52. The van der Waals surface area contributed by atoms with Crippen molar-refractivity contribution >= 4 is 6.47 Å². The first-order valence-corrected chi connectivity index (χ1v) is 9.65. The summed E-state index contributed by atoms with van der Waals surface area (Å²) in [4.78, 5) is 12.9. The van der Waals surface area contributed by atoms with Crippen LogP contribution in [0.25, 0.3) is 11.3 Å². The van der Waals surface area contributed by atoms with Gasteiger partial charge in [0.2, 0.25) is 5.88 Å². The van der Waals surface area contributed by atoms with E-state index in [4.69, 9.17) is 14.6 Å². The van der Waals surface area contributed by atoms with Gasteiger partial charge < -0.3 is 14.9 Å². The zero-order chi connectivity index (χ0) is 22.1. The molecule has 0 atom stereocenters. The third kappa shape index (κ3) is 6.04. The van der Waals surface area contributed by atoms with E-state index in [0.29, 0.717) is 5.88 Å². The van der Waals surface area contributed by atoms with Crippen LogP contribution in [0.3, 0.4) is 0 Å². The fourth-order valence-corrected chi connectivity index (χ4v) is 3.29. The molecule has 6 heteroatoms. The number of ether oxygens (including phenoxy) is 1. The van der Waals surface area contributed by atoms with Crippen LogP contribution < -0.4 is 4.74 Å². The summed E-state index contributed by atoms with van der Waals surface area (Å²) in [5.74, 6) is 0.544. The van der Waals surface area contributed by atoms with E-state index in [9.17, 15) is 9.50 Å². The van der Waals surface area contributed by atoms with E-state index in [1.54, 1.807) is 18.2 Å². The molecule has 2 N–H and O–H groups in total. The second kappa shape index (κ2) is 11.0. The van der Waals surface area contributed by atoms with Crippen molar-refractivity contribution in [1.29, 1.82) is 0 Å². The molecule has 0 unspecified atom stereocenters. The molecule has 2 aromatic carbocycles. The number of rotatable bonds is 6. The van der Waals surface area contributed by atoms with Crippen LogP contribution in [0.5, 0.6) is 11.6 Å². The highest BCUT2D eigenvalue weighted by molar-refractivity contribution is 5.69. The van der Waals surface area contributed by atoms with Crippen molar-refractivity contribution in [2.24, 2.45) is 0 Å². The predicted octanol–water partition coefficient (Wildman–Crippen LogP) is 5.44. The van der Waals surface area contributed by atoms with Crippen LogP contribution in [-0.4, -0.2) is 21.7 Å². The Morgan fingerprint density at radius 1 is 1.10 bits per heavy atom. The van der Waals surface area contributed by atoms with Crippen LogP contribution in [0.2, 0.25) is 0 Å². The van der Waals surface area contributed by atoms with Crippen LogP contribution in [0.15, 0.2) is 48.5 Å². The van der Waals surface area contributed by atoms with Gasteiger partial charge in [0.15, 0.2) is 0 Å². The molecule has 158 valence electrons. The summed E-state index contributed by atoms with van der Waals surface area (Å²) in [5.41, 5.74) is 5.17.